The first-order valence-electron chi connectivity index (χ1n) is 5.05. The van der Waals surface area contributed by atoms with Crippen LogP contribution in [-0.4, -0.2) is 12.6 Å². The molecular formula is C11H20O2. The lowest BCUT2D eigenvalue weighted by atomic mass is 10.1. The SMILES string of the molecule is CCCCCCC=CCOC(C)=O. The average molecular weight is 184 g/mol. The zero-order valence-electron chi connectivity index (χ0n) is 8.71. The largest absolute Gasteiger partial charge is 0.462 e. The van der Waals surface area contributed by atoms with Gasteiger partial charge in [-0.15, -0.1) is 0 Å². The maximum atomic E-state index is 10.4. The molecule has 76 valence electrons. The summed E-state index contributed by atoms with van der Waals surface area (Å²) in [5, 5.41) is 0. The van der Waals surface area contributed by atoms with Gasteiger partial charge in [0.15, 0.2) is 0 Å². The molecule has 0 heterocycles. The molecule has 2 nitrogen and oxygen atoms in total. The van der Waals surface area contributed by atoms with Gasteiger partial charge in [-0.25, -0.2) is 0 Å². The topological polar surface area (TPSA) is 26.3 Å². The molecule has 0 N–H and O–H groups in total. The number of ether oxygens (including phenoxy) is 1. The molecular weight excluding hydrogens is 164 g/mol. The molecule has 13 heavy (non-hydrogen) atoms. The third-order valence-corrected chi connectivity index (χ3v) is 1.77. The Bertz CT molecular complexity index is 150. The Morgan fingerprint density at radius 1 is 1.23 bits per heavy atom. The summed E-state index contributed by atoms with van der Waals surface area (Å²) in [7, 11) is 0. The highest BCUT2D eigenvalue weighted by Crippen LogP contribution is 2.02. The summed E-state index contributed by atoms with van der Waals surface area (Å²) in [6.07, 6.45) is 10.2. The van der Waals surface area contributed by atoms with E-state index in [9.17, 15) is 4.79 Å². The molecule has 0 rings (SSSR count). The number of hydrogen-bond acceptors (Lipinski definition) is 2. The van der Waals surface area contributed by atoms with Crippen molar-refractivity contribution >= 4 is 5.97 Å². The van der Waals surface area contributed by atoms with Crippen molar-refractivity contribution < 1.29 is 9.53 Å². The van der Waals surface area contributed by atoms with Crippen LogP contribution in [0.4, 0.5) is 0 Å². The van der Waals surface area contributed by atoms with Gasteiger partial charge in [0, 0.05) is 6.92 Å². The van der Waals surface area contributed by atoms with Gasteiger partial charge < -0.3 is 4.74 Å². The van der Waals surface area contributed by atoms with Crippen molar-refractivity contribution in [3.8, 4) is 0 Å². The summed E-state index contributed by atoms with van der Waals surface area (Å²) in [6, 6.07) is 0. The lowest BCUT2D eigenvalue weighted by Gasteiger charge is -1.95. The number of carbonyl (C=O) groups excluding carboxylic acids is 1. The molecule has 0 unspecified atom stereocenters. The third kappa shape index (κ3) is 11.2. The minimum absolute atomic E-state index is 0.212. The molecule has 0 saturated carbocycles. The second kappa shape index (κ2) is 9.30. The summed E-state index contributed by atoms with van der Waals surface area (Å²) in [4.78, 5) is 10.4. The molecule has 0 amide bonds. The number of unbranched alkanes of at least 4 members (excludes halogenated alkanes) is 4. The predicted octanol–water partition coefficient (Wildman–Crippen LogP) is 3.08. The first kappa shape index (κ1) is 12.2. The van der Waals surface area contributed by atoms with Crippen molar-refractivity contribution in [1.82, 2.24) is 0 Å². The second-order valence-electron chi connectivity index (χ2n) is 3.12. The van der Waals surface area contributed by atoms with Crippen molar-refractivity contribution in [2.24, 2.45) is 0 Å². The zero-order valence-corrected chi connectivity index (χ0v) is 8.71. The Hall–Kier alpha value is -0.790. The van der Waals surface area contributed by atoms with E-state index in [1.54, 1.807) is 0 Å². The first-order chi connectivity index (χ1) is 6.27. The Kier molecular flexibility index (Phi) is 8.73. The molecule has 0 spiro atoms. The Morgan fingerprint density at radius 3 is 2.62 bits per heavy atom. The van der Waals surface area contributed by atoms with E-state index in [0.29, 0.717) is 6.61 Å². The molecule has 0 aromatic heterocycles. The maximum Gasteiger partial charge on any atom is 0.302 e. The third-order valence-electron chi connectivity index (χ3n) is 1.77. The van der Waals surface area contributed by atoms with Gasteiger partial charge in [-0.2, -0.15) is 0 Å². The van der Waals surface area contributed by atoms with Crippen molar-refractivity contribution in [3.05, 3.63) is 12.2 Å². The Balaban J connectivity index is 3.08. The zero-order chi connectivity index (χ0) is 9.94. The van der Waals surface area contributed by atoms with E-state index in [4.69, 9.17) is 4.74 Å². The highest BCUT2D eigenvalue weighted by atomic mass is 16.5. The number of rotatable bonds is 7. The van der Waals surface area contributed by atoms with Crippen LogP contribution in [0.25, 0.3) is 0 Å². The minimum atomic E-state index is -0.212. The van der Waals surface area contributed by atoms with Gasteiger partial charge in [0.1, 0.15) is 6.61 Å². The average Bonchev–Trinajstić information content (AvgIpc) is 2.09. The van der Waals surface area contributed by atoms with Gasteiger partial charge in [0.05, 0.1) is 0 Å². The number of esters is 1. The molecule has 0 saturated heterocycles. The van der Waals surface area contributed by atoms with Gasteiger partial charge in [-0.1, -0.05) is 38.3 Å². The molecule has 0 fully saturated rings. The van der Waals surface area contributed by atoms with Crippen LogP contribution in [0.15, 0.2) is 12.2 Å². The summed E-state index contributed by atoms with van der Waals surface area (Å²) in [6.45, 7) is 4.05. The van der Waals surface area contributed by atoms with E-state index < -0.39 is 0 Å². The number of allylic oxidation sites excluding steroid dienone is 1. The fraction of sp³-hybridized carbons (Fsp3) is 0.727. The van der Waals surface area contributed by atoms with Gasteiger partial charge in [-0.05, 0) is 12.8 Å². The lowest BCUT2D eigenvalue weighted by molar-refractivity contribution is -0.139. The molecule has 0 radical (unpaired) electrons. The van der Waals surface area contributed by atoms with Crippen LogP contribution >= 0.6 is 0 Å². The van der Waals surface area contributed by atoms with Crippen molar-refractivity contribution in [1.29, 1.82) is 0 Å². The van der Waals surface area contributed by atoms with Gasteiger partial charge in [0.2, 0.25) is 0 Å². The molecule has 0 bridgehead atoms. The fourth-order valence-corrected chi connectivity index (χ4v) is 1.04. The quantitative estimate of drug-likeness (QED) is 0.345. The fourth-order valence-electron chi connectivity index (χ4n) is 1.04. The van der Waals surface area contributed by atoms with Crippen LogP contribution in [0.3, 0.4) is 0 Å². The van der Waals surface area contributed by atoms with E-state index in [1.807, 2.05) is 6.08 Å². The highest BCUT2D eigenvalue weighted by Gasteiger charge is 1.87. The summed E-state index contributed by atoms with van der Waals surface area (Å²) >= 11 is 0. The van der Waals surface area contributed by atoms with Crippen LogP contribution in [0.2, 0.25) is 0 Å². The second-order valence-corrected chi connectivity index (χ2v) is 3.12. The molecule has 0 aliphatic rings. The Labute approximate surface area is 81.0 Å². The molecule has 0 aliphatic carbocycles. The van der Waals surface area contributed by atoms with E-state index in [0.717, 1.165) is 6.42 Å². The van der Waals surface area contributed by atoms with Gasteiger partial charge in [-0.3, -0.25) is 4.79 Å². The number of carbonyl (C=O) groups is 1. The lowest BCUT2D eigenvalue weighted by Crippen LogP contribution is -1.97. The molecule has 2 heteroatoms. The Morgan fingerprint density at radius 2 is 2.00 bits per heavy atom. The smallest absolute Gasteiger partial charge is 0.302 e. The van der Waals surface area contributed by atoms with E-state index in [-0.39, 0.29) is 5.97 Å². The standard InChI is InChI=1S/C11H20O2/c1-3-4-5-6-7-8-9-10-13-11(2)12/h8-9H,3-7,10H2,1-2H3. The number of hydrogen-bond donors (Lipinski definition) is 0. The predicted molar refractivity (Wildman–Crippen MR) is 54.5 cm³/mol. The normalized spacial score (nSPS) is 10.6. The van der Waals surface area contributed by atoms with Crippen molar-refractivity contribution in [3.63, 3.8) is 0 Å². The van der Waals surface area contributed by atoms with E-state index in [2.05, 4.69) is 13.0 Å². The van der Waals surface area contributed by atoms with E-state index >= 15 is 0 Å². The van der Waals surface area contributed by atoms with Crippen LogP contribution in [-0.2, 0) is 9.53 Å². The van der Waals surface area contributed by atoms with E-state index in [1.165, 1.54) is 32.6 Å². The first-order valence-corrected chi connectivity index (χ1v) is 5.05. The summed E-state index contributed by atoms with van der Waals surface area (Å²) < 4.78 is 4.74. The van der Waals surface area contributed by atoms with Crippen LogP contribution in [0.5, 0.6) is 0 Å². The van der Waals surface area contributed by atoms with Crippen LogP contribution in [0.1, 0.15) is 46.0 Å². The maximum absolute atomic E-state index is 10.4. The van der Waals surface area contributed by atoms with Crippen LogP contribution < -0.4 is 0 Å². The molecule has 0 atom stereocenters. The molecule has 0 aromatic carbocycles. The van der Waals surface area contributed by atoms with Gasteiger partial charge in [0.25, 0.3) is 0 Å². The molecule has 0 aromatic rings. The highest BCUT2D eigenvalue weighted by molar-refractivity contribution is 5.65. The monoisotopic (exact) mass is 184 g/mol. The van der Waals surface area contributed by atoms with Crippen LogP contribution in [0, 0.1) is 0 Å². The van der Waals surface area contributed by atoms with Gasteiger partial charge >= 0.3 is 5.97 Å². The summed E-state index contributed by atoms with van der Waals surface area (Å²) in [5.41, 5.74) is 0. The van der Waals surface area contributed by atoms with Crippen molar-refractivity contribution in [2.75, 3.05) is 6.61 Å². The minimum Gasteiger partial charge on any atom is -0.462 e. The summed E-state index contributed by atoms with van der Waals surface area (Å²) in [5.74, 6) is -0.212. The van der Waals surface area contributed by atoms with Crippen molar-refractivity contribution in [2.45, 2.75) is 46.0 Å². The molecule has 0 aliphatic heterocycles.